The number of rotatable bonds is 4. The lowest BCUT2D eigenvalue weighted by molar-refractivity contribution is 0.0360. The molecule has 13 heavy (non-hydrogen) atoms. The first kappa shape index (κ1) is 12.8. The van der Waals surface area contributed by atoms with Crippen molar-refractivity contribution in [3.05, 3.63) is 0 Å². The average molecular weight is 213 g/mol. The number of hydrogen-bond donors (Lipinski definition) is 4. The molecule has 0 aromatic carbocycles. The Morgan fingerprint density at radius 2 is 1.54 bits per heavy atom. The van der Waals surface area contributed by atoms with Crippen molar-refractivity contribution in [1.29, 1.82) is 0 Å². The summed E-state index contributed by atoms with van der Waals surface area (Å²) in [6, 6.07) is 0. The van der Waals surface area contributed by atoms with Crippen molar-refractivity contribution >= 4 is 10.1 Å². The Kier molecular flexibility index (Phi) is 3.45. The third kappa shape index (κ3) is 2.00. The lowest BCUT2D eigenvalue weighted by Crippen LogP contribution is -2.60. The van der Waals surface area contributed by atoms with Crippen molar-refractivity contribution in [3.8, 4) is 0 Å². The summed E-state index contributed by atoms with van der Waals surface area (Å²) in [5.41, 5.74) is 3.85. The van der Waals surface area contributed by atoms with Gasteiger partial charge in [0.1, 0.15) is 0 Å². The maximum atomic E-state index is 10.8. The molecule has 1 unspecified atom stereocenters. The maximum Gasteiger partial charge on any atom is 0.284 e. The highest BCUT2D eigenvalue weighted by molar-refractivity contribution is 7.87. The van der Waals surface area contributed by atoms with Crippen LogP contribution in [0, 0.1) is 5.41 Å². The first-order valence-corrected chi connectivity index (χ1v) is 5.04. The molecule has 5 N–H and O–H groups in total. The molecule has 0 rings (SSSR count). The molecule has 7 heteroatoms. The Morgan fingerprint density at radius 3 is 1.62 bits per heavy atom. The van der Waals surface area contributed by atoms with Crippen LogP contribution in [0.4, 0.5) is 0 Å². The molecule has 0 aromatic rings. The summed E-state index contributed by atoms with van der Waals surface area (Å²) < 4.78 is 30.4. The van der Waals surface area contributed by atoms with Gasteiger partial charge in [0.15, 0.2) is 4.87 Å². The van der Waals surface area contributed by atoms with E-state index in [-0.39, 0.29) is 0 Å². The molecule has 80 valence electrons. The fraction of sp³-hybridized carbons (Fsp3) is 1.00. The van der Waals surface area contributed by atoms with Crippen LogP contribution in [0.15, 0.2) is 0 Å². The molecular weight excluding hydrogens is 198 g/mol. The fourth-order valence-electron chi connectivity index (χ4n) is 0.675. The SMILES string of the molecule is CC(CO)(CO)C(C)(N)S(=O)(=O)O. The van der Waals surface area contributed by atoms with Gasteiger partial charge in [-0.3, -0.25) is 4.55 Å². The summed E-state index contributed by atoms with van der Waals surface area (Å²) in [5, 5.41) is 17.7. The predicted molar refractivity (Wildman–Crippen MR) is 46.4 cm³/mol. The van der Waals surface area contributed by atoms with E-state index in [2.05, 4.69) is 0 Å². The van der Waals surface area contributed by atoms with E-state index in [0.717, 1.165) is 6.92 Å². The Labute approximate surface area is 77.1 Å². The normalized spacial score (nSPS) is 18.3. The highest BCUT2D eigenvalue weighted by Gasteiger charge is 2.50. The van der Waals surface area contributed by atoms with E-state index in [4.69, 9.17) is 20.5 Å². The molecule has 0 heterocycles. The van der Waals surface area contributed by atoms with Crippen LogP contribution in [0.25, 0.3) is 0 Å². The standard InChI is InChI=1S/C6H15NO5S/c1-5(3-8,4-9)6(2,7)13(10,11)12/h8-9H,3-4,7H2,1-2H3,(H,10,11,12). The van der Waals surface area contributed by atoms with E-state index in [0.29, 0.717) is 0 Å². The van der Waals surface area contributed by atoms with Crippen LogP contribution in [-0.2, 0) is 10.1 Å². The van der Waals surface area contributed by atoms with E-state index in [9.17, 15) is 8.42 Å². The molecule has 0 saturated heterocycles. The highest BCUT2D eigenvalue weighted by Crippen LogP contribution is 2.31. The molecule has 1 atom stereocenters. The van der Waals surface area contributed by atoms with Gasteiger partial charge in [-0.15, -0.1) is 0 Å². The van der Waals surface area contributed by atoms with Gasteiger partial charge >= 0.3 is 0 Å². The smallest absolute Gasteiger partial charge is 0.284 e. The molecule has 0 aliphatic carbocycles. The van der Waals surface area contributed by atoms with Gasteiger partial charge in [-0.1, -0.05) is 6.92 Å². The first-order valence-electron chi connectivity index (χ1n) is 3.60. The Morgan fingerprint density at radius 1 is 1.23 bits per heavy atom. The summed E-state index contributed by atoms with van der Waals surface area (Å²) >= 11 is 0. The summed E-state index contributed by atoms with van der Waals surface area (Å²) in [6.45, 7) is 1.02. The second kappa shape index (κ2) is 3.50. The predicted octanol–water partition coefficient (Wildman–Crippen LogP) is -1.46. The lowest BCUT2D eigenvalue weighted by atomic mass is 9.85. The molecule has 0 fully saturated rings. The van der Waals surface area contributed by atoms with Crippen LogP contribution in [0.2, 0.25) is 0 Å². The van der Waals surface area contributed by atoms with Gasteiger partial charge in [0.05, 0.1) is 13.2 Å². The third-order valence-electron chi connectivity index (χ3n) is 2.43. The molecule has 0 radical (unpaired) electrons. The first-order chi connectivity index (χ1) is 5.62. The number of nitrogens with two attached hydrogens (primary N) is 1. The second-order valence-electron chi connectivity index (χ2n) is 3.46. The lowest BCUT2D eigenvalue weighted by Gasteiger charge is -2.38. The molecule has 0 bridgehead atoms. The Bertz CT molecular complexity index is 267. The van der Waals surface area contributed by atoms with E-state index in [1.54, 1.807) is 0 Å². The fourth-order valence-corrected chi connectivity index (χ4v) is 1.43. The van der Waals surface area contributed by atoms with Crippen molar-refractivity contribution in [1.82, 2.24) is 0 Å². The number of aliphatic hydroxyl groups excluding tert-OH is 2. The molecule has 6 nitrogen and oxygen atoms in total. The van der Waals surface area contributed by atoms with E-state index in [1.807, 2.05) is 0 Å². The minimum Gasteiger partial charge on any atom is -0.396 e. The topological polar surface area (TPSA) is 121 Å². The zero-order valence-corrected chi connectivity index (χ0v) is 8.37. The number of aliphatic hydroxyl groups is 2. The van der Waals surface area contributed by atoms with Crippen LogP contribution in [0.5, 0.6) is 0 Å². The molecule has 0 amide bonds. The highest BCUT2D eigenvalue weighted by atomic mass is 32.2. The van der Waals surface area contributed by atoms with Crippen molar-refractivity contribution in [2.45, 2.75) is 18.7 Å². The Hall–Kier alpha value is -0.210. The second-order valence-corrected chi connectivity index (χ2v) is 5.26. The summed E-state index contributed by atoms with van der Waals surface area (Å²) in [6.07, 6.45) is 0. The van der Waals surface area contributed by atoms with Gasteiger partial charge in [0, 0.05) is 5.41 Å². The van der Waals surface area contributed by atoms with Gasteiger partial charge in [-0.05, 0) is 6.92 Å². The van der Waals surface area contributed by atoms with E-state index < -0.39 is 33.6 Å². The van der Waals surface area contributed by atoms with Gasteiger partial charge in [0.25, 0.3) is 10.1 Å². The average Bonchev–Trinajstić information content (AvgIpc) is 2.00. The minimum atomic E-state index is -4.53. The quantitative estimate of drug-likeness (QED) is 0.423. The molecule has 0 saturated carbocycles. The van der Waals surface area contributed by atoms with Crippen LogP contribution < -0.4 is 5.73 Å². The Balaban J connectivity index is 5.25. The summed E-state index contributed by atoms with van der Waals surface area (Å²) in [7, 11) is -4.53. The van der Waals surface area contributed by atoms with Crippen molar-refractivity contribution in [2.75, 3.05) is 13.2 Å². The van der Waals surface area contributed by atoms with Gasteiger partial charge in [-0.2, -0.15) is 8.42 Å². The van der Waals surface area contributed by atoms with E-state index >= 15 is 0 Å². The van der Waals surface area contributed by atoms with E-state index in [1.165, 1.54) is 6.92 Å². The van der Waals surface area contributed by atoms with Crippen LogP contribution in [0.1, 0.15) is 13.8 Å². The van der Waals surface area contributed by atoms with Gasteiger partial charge in [-0.25, -0.2) is 0 Å². The summed E-state index contributed by atoms with van der Waals surface area (Å²) in [5.74, 6) is 0. The largest absolute Gasteiger partial charge is 0.396 e. The molecule has 0 aliphatic rings. The molecule has 0 aromatic heterocycles. The van der Waals surface area contributed by atoms with Crippen molar-refractivity contribution in [3.63, 3.8) is 0 Å². The zero-order chi connectivity index (χ0) is 10.9. The van der Waals surface area contributed by atoms with Crippen LogP contribution in [-0.4, -0.2) is 41.3 Å². The zero-order valence-electron chi connectivity index (χ0n) is 7.56. The van der Waals surface area contributed by atoms with Crippen molar-refractivity contribution < 1.29 is 23.2 Å². The maximum absolute atomic E-state index is 10.8. The minimum absolute atomic E-state index is 0.643. The van der Waals surface area contributed by atoms with Gasteiger partial charge in [0.2, 0.25) is 0 Å². The monoisotopic (exact) mass is 213 g/mol. The molecule has 0 aliphatic heterocycles. The van der Waals surface area contributed by atoms with Crippen molar-refractivity contribution in [2.24, 2.45) is 11.1 Å². The number of hydrogen-bond acceptors (Lipinski definition) is 5. The summed E-state index contributed by atoms with van der Waals surface area (Å²) in [4.78, 5) is -2.08. The third-order valence-corrected chi connectivity index (χ3v) is 4.00. The molecular formula is C6H15NO5S. The van der Waals surface area contributed by atoms with Crippen LogP contribution >= 0.6 is 0 Å². The van der Waals surface area contributed by atoms with Gasteiger partial charge < -0.3 is 15.9 Å². The van der Waals surface area contributed by atoms with Crippen LogP contribution in [0.3, 0.4) is 0 Å². The molecule has 0 spiro atoms.